The first-order valence-corrected chi connectivity index (χ1v) is 9.22. The fourth-order valence-corrected chi connectivity index (χ4v) is 3.75. The second-order valence-electron chi connectivity index (χ2n) is 5.95. The third kappa shape index (κ3) is 4.08. The van der Waals surface area contributed by atoms with Crippen LogP contribution >= 0.6 is 11.3 Å². The smallest absolute Gasteiger partial charge is 0.338 e. The lowest BCUT2D eigenvalue weighted by Crippen LogP contribution is -2.14. The number of carbonyl (C=O) groups excluding carboxylic acids is 2. The number of methoxy groups -OCH3 is 1. The van der Waals surface area contributed by atoms with Crippen molar-refractivity contribution in [3.8, 4) is 0 Å². The molecule has 0 aliphatic carbocycles. The predicted molar refractivity (Wildman–Crippen MR) is 104 cm³/mol. The van der Waals surface area contributed by atoms with Gasteiger partial charge in [-0.05, 0) is 49.6 Å². The number of carbonyl (C=O) groups is 2. The Morgan fingerprint density at radius 3 is 2.73 bits per heavy atom. The van der Waals surface area contributed by atoms with Gasteiger partial charge in [0.25, 0.3) is 0 Å². The lowest BCUT2D eigenvalue weighted by Gasteiger charge is -2.11. The van der Waals surface area contributed by atoms with Gasteiger partial charge in [-0.25, -0.2) is 9.78 Å². The van der Waals surface area contributed by atoms with E-state index in [1.807, 2.05) is 18.2 Å². The molecule has 0 unspecified atom stereocenters. The van der Waals surface area contributed by atoms with Gasteiger partial charge in [-0.3, -0.25) is 4.79 Å². The van der Waals surface area contributed by atoms with Crippen molar-refractivity contribution in [1.29, 1.82) is 0 Å². The van der Waals surface area contributed by atoms with Crippen LogP contribution in [0.3, 0.4) is 0 Å². The second kappa shape index (κ2) is 8.10. The van der Waals surface area contributed by atoms with Crippen molar-refractivity contribution in [2.24, 2.45) is 0 Å². The molecule has 1 aromatic heterocycles. The zero-order chi connectivity index (χ0) is 18.5. The molecular weight excluding hydrogens is 348 g/mol. The number of hydrogen-bond donors (Lipinski definition) is 1. The Morgan fingerprint density at radius 1 is 1.15 bits per heavy atom. The summed E-state index contributed by atoms with van der Waals surface area (Å²) in [5.74, 6) is -0.481. The molecule has 1 amide bonds. The van der Waals surface area contributed by atoms with E-state index in [9.17, 15) is 9.59 Å². The van der Waals surface area contributed by atoms with Gasteiger partial charge >= 0.3 is 5.97 Å². The molecule has 0 saturated carbocycles. The number of hydrogen-bond acceptors (Lipinski definition) is 5. The summed E-state index contributed by atoms with van der Waals surface area (Å²) in [6.07, 6.45) is 1.90. The third-order valence-corrected chi connectivity index (χ3v) is 5.24. The first kappa shape index (κ1) is 18.1. The van der Waals surface area contributed by atoms with E-state index in [1.54, 1.807) is 36.5 Å². The van der Waals surface area contributed by atoms with Gasteiger partial charge in [-0.2, -0.15) is 0 Å². The quantitative estimate of drug-likeness (QED) is 0.657. The number of rotatable bonds is 6. The fraction of sp³-hybridized carbons (Fsp3) is 0.250. The number of thiazole rings is 1. The van der Waals surface area contributed by atoms with Crippen LogP contribution in [0.2, 0.25) is 0 Å². The largest absolute Gasteiger partial charge is 0.465 e. The van der Waals surface area contributed by atoms with Crippen molar-refractivity contribution >= 4 is 39.1 Å². The Bertz CT molecular complexity index is 916. The molecule has 0 radical (unpaired) electrons. The summed E-state index contributed by atoms with van der Waals surface area (Å²) in [6.45, 7) is 1.79. The molecule has 5 nitrogen and oxygen atoms in total. The highest BCUT2D eigenvalue weighted by atomic mass is 32.1. The summed E-state index contributed by atoms with van der Waals surface area (Å²) in [4.78, 5) is 28.6. The first-order chi connectivity index (χ1) is 12.6. The highest BCUT2D eigenvalue weighted by Gasteiger charge is 2.13. The average Bonchev–Trinajstić information content (AvgIpc) is 3.05. The van der Waals surface area contributed by atoms with Crippen LogP contribution in [0.15, 0.2) is 42.5 Å². The van der Waals surface area contributed by atoms with E-state index >= 15 is 0 Å². The Hall–Kier alpha value is -2.73. The van der Waals surface area contributed by atoms with Crippen LogP contribution in [-0.4, -0.2) is 24.0 Å². The molecule has 0 atom stereocenters. The first-order valence-electron chi connectivity index (χ1n) is 8.40. The van der Waals surface area contributed by atoms with Crippen LogP contribution in [0.1, 0.15) is 33.8 Å². The number of aryl methyl sites for hydroxylation is 1. The van der Waals surface area contributed by atoms with Crippen LogP contribution in [0.4, 0.5) is 5.69 Å². The van der Waals surface area contributed by atoms with E-state index in [-0.39, 0.29) is 5.91 Å². The van der Waals surface area contributed by atoms with Crippen molar-refractivity contribution in [3.05, 3.63) is 58.6 Å². The minimum absolute atomic E-state index is 0.0729. The highest BCUT2D eigenvalue weighted by Crippen LogP contribution is 2.23. The van der Waals surface area contributed by atoms with Crippen molar-refractivity contribution in [2.75, 3.05) is 12.4 Å². The van der Waals surface area contributed by atoms with E-state index in [2.05, 4.69) is 16.4 Å². The number of para-hydroxylation sites is 1. The summed E-state index contributed by atoms with van der Waals surface area (Å²) >= 11 is 1.67. The predicted octanol–water partition coefficient (Wildman–Crippen LogP) is 4.35. The zero-order valence-electron chi connectivity index (χ0n) is 14.7. The molecule has 0 aliphatic heterocycles. The van der Waals surface area contributed by atoms with Crippen LogP contribution in [0, 0.1) is 6.92 Å². The number of anilines is 1. The number of amides is 1. The summed E-state index contributed by atoms with van der Waals surface area (Å²) in [6, 6.07) is 13.2. The highest BCUT2D eigenvalue weighted by molar-refractivity contribution is 7.18. The number of nitrogens with zero attached hydrogens (tertiary/aromatic N) is 1. The van der Waals surface area contributed by atoms with Gasteiger partial charge < -0.3 is 10.1 Å². The van der Waals surface area contributed by atoms with Crippen LogP contribution in [0.25, 0.3) is 10.2 Å². The van der Waals surface area contributed by atoms with E-state index in [1.165, 1.54) is 11.8 Å². The van der Waals surface area contributed by atoms with E-state index in [0.717, 1.165) is 23.4 Å². The summed E-state index contributed by atoms with van der Waals surface area (Å²) in [5.41, 5.74) is 2.81. The van der Waals surface area contributed by atoms with E-state index in [0.29, 0.717) is 23.2 Å². The zero-order valence-corrected chi connectivity index (χ0v) is 15.6. The Labute approximate surface area is 156 Å². The Balaban J connectivity index is 1.56. The molecule has 1 heterocycles. The standard InChI is InChI=1S/C20H20N2O3S/c1-13-14(20(24)25-2)7-5-9-15(13)21-18(23)11-6-12-19-22-16-8-3-4-10-17(16)26-19/h3-5,7-10H,6,11-12H2,1-2H3,(H,21,23). The molecule has 6 heteroatoms. The Kier molecular flexibility index (Phi) is 5.63. The van der Waals surface area contributed by atoms with Gasteiger partial charge in [0.1, 0.15) is 0 Å². The molecule has 2 aromatic carbocycles. The lowest BCUT2D eigenvalue weighted by molar-refractivity contribution is -0.116. The van der Waals surface area contributed by atoms with Crippen LogP contribution < -0.4 is 5.32 Å². The van der Waals surface area contributed by atoms with E-state index in [4.69, 9.17) is 4.74 Å². The summed E-state index contributed by atoms with van der Waals surface area (Å²) < 4.78 is 5.93. The lowest BCUT2D eigenvalue weighted by atomic mass is 10.1. The molecule has 0 spiro atoms. The minimum atomic E-state index is -0.408. The minimum Gasteiger partial charge on any atom is -0.465 e. The number of benzene rings is 2. The maximum Gasteiger partial charge on any atom is 0.338 e. The maximum atomic E-state index is 12.2. The van der Waals surface area contributed by atoms with E-state index < -0.39 is 5.97 Å². The number of nitrogens with one attached hydrogen (secondary N) is 1. The molecule has 134 valence electrons. The molecule has 0 saturated heterocycles. The second-order valence-corrected chi connectivity index (χ2v) is 7.06. The average molecular weight is 368 g/mol. The molecular formula is C20H20N2O3S. The van der Waals surface area contributed by atoms with Gasteiger partial charge in [-0.15, -0.1) is 11.3 Å². The van der Waals surface area contributed by atoms with Gasteiger partial charge in [-0.1, -0.05) is 18.2 Å². The summed E-state index contributed by atoms with van der Waals surface area (Å²) in [5, 5.41) is 3.92. The normalized spacial score (nSPS) is 10.7. The summed E-state index contributed by atoms with van der Waals surface area (Å²) in [7, 11) is 1.34. The molecule has 3 rings (SSSR count). The number of esters is 1. The van der Waals surface area contributed by atoms with Gasteiger partial charge in [0.05, 0.1) is 27.9 Å². The number of fused-ring (bicyclic) bond motifs is 1. The monoisotopic (exact) mass is 368 g/mol. The Morgan fingerprint density at radius 2 is 1.96 bits per heavy atom. The molecule has 0 aliphatic rings. The van der Waals surface area contributed by atoms with Gasteiger partial charge in [0, 0.05) is 12.1 Å². The molecule has 1 N–H and O–H groups in total. The van der Waals surface area contributed by atoms with Gasteiger partial charge in [0.2, 0.25) is 5.91 Å². The number of ether oxygens (including phenoxy) is 1. The van der Waals surface area contributed by atoms with Crippen molar-refractivity contribution in [1.82, 2.24) is 4.98 Å². The third-order valence-electron chi connectivity index (χ3n) is 4.15. The van der Waals surface area contributed by atoms with Crippen LogP contribution in [-0.2, 0) is 16.0 Å². The van der Waals surface area contributed by atoms with Crippen LogP contribution in [0.5, 0.6) is 0 Å². The number of aromatic nitrogens is 1. The molecule has 0 bridgehead atoms. The van der Waals surface area contributed by atoms with Crippen molar-refractivity contribution < 1.29 is 14.3 Å². The molecule has 0 fully saturated rings. The topological polar surface area (TPSA) is 68.3 Å². The fourth-order valence-electron chi connectivity index (χ4n) is 2.74. The van der Waals surface area contributed by atoms with Crippen molar-refractivity contribution in [2.45, 2.75) is 26.2 Å². The maximum absolute atomic E-state index is 12.2. The molecule has 3 aromatic rings. The molecule has 26 heavy (non-hydrogen) atoms. The van der Waals surface area contributed by atoms with Gasteiger partial charge in [0.15, 0.2) is 0 Å². The SMILES string of the molecule is COC(=O)c1cccc(NC(=O)CCCc2nc3ccccc3s2)c1C. The van der Waals surface area contributed by atoms with Crippen molar-refractivity contribution in [3.63, 3.8) is 0 Å².